The number of sulfonamides is 1. The standard InChI is InChI=1S/C19H19N3O4S/c1-22-18(23)15-7-6-13(10-16(15)19(22)24)27(25,26)21-11-17-14-5-3-2-4-12(14)8-9-20-17/h2-7,10,17,20-21H,8-9,11H2,1H3. The Bertz CT molecular complexity index is 1050. The predicted octanol–water partition coefficient (Wildman–Crippen LogP) is 1.08. The Morgan fingerprint density at radius 2 is 1.85 bits per heavy atom. The van der Waals surface area contributed by atoms with Gasteiger partial charge in [0.15, 0.2) is 0 Å². The third kappa shape index (κ3) is 3.05. The second-order valence-corrected chi connectivity index (χ2v) is 8.45. The molecule has 1 atom stereocenters. The molecule has 0 saturated heterocycles. The van der Waals surface area contributed by atoms with Crippen LogP contribution < -0.4 is 10.0 Å². The zero-order valence-corrected chi connectivity index (χ0v) is 15.5. The molecule has 0 aliphatic carbocycles. The molecule has 8 heteroatoms. The molecule has 7 nitrogen and oxygen atoms in total. The summed E-state index contributed by atoms with van der Waals surface area (Å²) in [5.41, 5.74) is 2.64. The summed E-state index contributed by atoms with van der Waals surface area (Å²) in [6, 6.07) is 11.9. The van der Waals surface area contributed by atoms with Crippen LogP contribution in [0.1, 0.15) is 37.9 Å². The fourth-order valence-corrected chi connectivity index (χ4v) is 4.63. The van der Waals surface area contributed by atoms with E-state index in [9.17, 15) is 18.0 Å². The summed E-state index contributed by atoms with van der Waals surface area (Å²) in [7, 11) is -2.44. The summed E-state index contributed by atoms with van der Waals surface area (Å²) >= 11 is 0. The Kier molecular flexibility index (Phi) is 4.33. The first kappa shape index (κ1) is 17.8. The number of hydrogen-bond acceptors (Lipinski definition) is 5. The molecule has 27 heavy (non-hydrogen) atoms. The van der Waals surface area contributed by atoms with Crippen molar-refractivity contribution in [2.45, 2.75) is 17.4 Å². The molecule has 2 N–H and O–H groups in total. The summed E-state index contributed by atoms with van der Waals surface area (Å²) in [6.07, 6.45) is 0.911. The van der Waals surface area contributed by atoms with Gasteiger partial charge in [0.05, 0.1) is 16.0 Å². The Morgan fingerprint density at radius 3 is 2.67 bits per heavy atom. The molecule has 0 aromatic heterocycles. The maximum Gasteiger partial charge on any atom is 0.261 e. The fraction of sp³-hybridized carbons (Fsp3) is 0.263. The third-order valence-corrected chi connectivity index (χ3v) is 6.49. The van der Waals surface area contributed by atoms with E-state index in [1.807, 2.05) is 18.2 Å². The van der Waals surface area contributed by atoms with Crippen LogP contribution in [0.15, 0.2) is 47.4 Å². The van der Waals surface area contributed by atoms with E-state index in [0.29, 0.717) is 0 Å². The summed E-state index contributed by atoms with van der Waals surface area (Å²) in [5.74, 6) is -0.912. The van der Waals surface area contributed by atoms with Crippen molar-refractivity contribution in [3.05, 3.63) is 64.7 Å². The van der Waals surface area contributed by atoms with Gasteiger partial charge in [-0.2, -0.15) is 0 Å². The molecule has 0 radical (unpaired) electrons. The van der Waals surface area contributed by atoms with E-state index in [2.05, 4.69) is 16.1 Å². The van der Waals surface area contributed by atoms with Gasteiger partial charge < -0.3 is 5.32 Å². The van der Waals surface area contributed by atoms with Gasteiger partial charge in [-0.25, -0.2) is 13.1 Å². The second-order valence-electron chi connectivity index (χ2n) is 6.68. The SMILES string of the molecule is CN1C(=O)c2ccc(S(=O)(=O)NCC3NCCc4ccccc43)cc2C1=O. The Morgan fingerprint density at radius 1 is 1.11 bits per heavy atom. The minimum atomic E-state index is -3.81. The van der Waals surface area contributed by atoms with E-state index in [4.69, 9.17) is 0 Å². The van der Waals surface area contributed by atoms with Crippen LogP contribution in [-0.4, -0.2) is 45.3 Å². The van der Waals surface area contributed by atoms with Gasteiger partial charge in [0.2, 0.25) is 10.0 Å². The van der Waals surface area contributed by atoms with Crippen molar-refractivity contribution in [2.75, 3.05) is 20.1 Å². The molecule has 2 heterocycles. The van der Waals surface area contributed by atoms with Crippen molar-refractivity contribution < 1.29 is 18.0 Å². The smallest absolute Gasteiger partial charge is 0.261 e. The number of imide groups is 1. The summed E-state index contributed by atoms with van der Waals surface area (Å²) < 4.78 is 28.0. The van der Waals surface area contributed by atoms with E-state index < -0.39 is 21.8 Å². The number of carbonyl (C=O) groups excluding carboxylic acids is 2. The summed E-state index contributed by atoms with van der Waals surface area (Å²) in [6.45, 7) is 0.981. The van der Waals surface area contributed by atoms with Crippen LogP contribution in [0.5, 0.6) is 0 Å². The van der Waals surface area contributed by atoms with Gasteiger partial charge in [-0.15, -0.1) is 0 Å². The molecule has 1 unspecified atom stereocenters. The molecule has 140 valence electrons. The highest BCUT2D eigenvalue weighted by atomic mass is 32.2. The Hall–Kier alpha value is -2.55. The van der Waals surface area contributed by atoms with Gasteiger partial charge in [0, 0.05) is 19.6 Å². The average molecular weight is 385 g/mol. The van der Waals surface area contributed by atoms with Gasteiger partial charge in [-0.05, 0) is 42.3 Å². The number of carbonyl (C=O) groups is 2. The highest BCUT2D eigenvalue weighted by Crippen LogP contribution is 2.25. The van der Waals surface area contributed by atoms with E-state index in [1.54, 1.807) is 0 Å². The van der Waals surface area contributed by atoms with Crippen molar-refractivity contribution in [1.29, 1.82) is 0 Å². The molecule has 2 amide bonds. The molecule has 2 aliphatic heterocycles. The van der Waals surface area contributed by atoms with E-state index in [0.717, 1.165) is 23.4 Å². The summed E-state index contributed by atoms with van der Waals surface area (Å²) in [5, 5.41) is 3.33. The van der Waals surface area contributed by atoms with E-state index in [-0.39, 0.29) is 28.6 Å². The van der Waals surface area contributed by atoms with Gasteiger partial charge >= 0.3 is 0 Å². The highest BCUT2D eigenvalue weighted by Gasteiger charge is 2.34. The molecule has 0 saturated carbocycles. The van der Waals surface area contributed by atoms with Gasteiger partial charge in [-0.1, -0.05) is 24.3 Å². The lowest BCUT2D eigenvalue weighted by atomic mass is 9.95. The highest BCUT2D eigenvalue weighted by molar-refractivity contribution is 7.89. The average Bonchev–Trinajstić information content (AvgIpc) is 2.90. The van der Waals surface area contributed by atoms with Crippen LogP contribution in [0.3, 0.4) is 0 Å². The van der Waals surface area contributed by atoms with Crippen LogP contribution in [0.25, 0.3) is 0 Å². The van der Waals surface area contributed by atoms with Crippen molar-refractivity contribution in [3.63, 3.8) is 0 Å². The normalized spacial score (nSPS) is 19.1. The van der Waals surface area contributed by atoms with Crippen molar-refractivity contribution in [1.82, 2.24) is 14.9 Å². The zero-order valence-electron chi connectivity index (χ0n) is 14.7. The number of benzene rings is 2. The number of hydrogen-bond donors (Lipinski definition) is 2. The number of nitrogens with zero attached hydrogens (tertiary/aromatic N) is 1. The van der Waals surface area contributed by atoms with Crippen LogP contribution in [0.4, 0.5) is 0 Å². The quantitative estimate of drug-likeness (QED) is 0.768. The maximum atomic E-state index is 12.7. The molecule has 2 aromatic carbocycles. The Balaban J connectivity index is 1.56. The first-order chi connectivity index (χ1) is 12.9. The maximum absolute atomic E-state index is 12.7. The second kappa shape index (κ2) is 6.56. The minimum absolute atomic E-state index is 0.0261. The van der Waals surface area contributed by atoms with E-state index >= 15 is 0 Å². The van der Waals surface area contributed by atoms with Crippen molar-refractivity contribution >= 4 is 21.8 Å². The van der Waals surface area contributed by atoms with Crippen molar-refractivity contribution in [3.8, 4) is 0 Å². The molecule has 0 bridgehead atoms. The van der Waals surface area contributed by atoms with Crippen LogP contribution in [0.2, 0.25) is 0 Å². The first-order valence-corrected chi connectivity index (χ1v) is 10.1. The molecular weight excluding hydrogens is 366 g/mol. The number of amides is 2. The minimum Gasteiger partial charge on any atom is -0.308 e. The monoisotopic (exact) mass is 385 g/mol. The topological polar surface area (TPSA) is 95.6 Å². The van der Waals surface area contributed by atoms with Crippen LogP contribution in [-0.2, 0) is 16.4 Å². The lowest BCUT2D eigenvalue weighted by molar-refractivity contribution is 0.0693. The Labute approximate surface area is 157 Å². The van der Waals surface area contributed by atoms with Crippen LogP contribution >= 0.6 is 0 Å². The third-order valence-electron chi connectivity index (χ3n) is 5.06. The lowest BCUT2D eigenvalue weighted by Gasteiger charge is -2.27. The lowest BCUT2D eigenvalue weighted by Crippen LogP contribution is -2.38. The van der Waals surface area contributed by atoms with Crippen LogP contribution in [0, 0.1) is 0 Å². The predicted molar refractivity (Wildman–Crippen MR) is 98.9 cm³/mol. The largest absolute Gasteiger partial charge is 0.308 e. The molecule has 4 rings (SSSR count). The van der Waals surface area contributed by atoms with E-state index in [1.165, 1.54) is 30.8 Å². The number of nitrogens with one attached hydrogen (secondary N) is 2. The van der Waals surface area contributed by atoms with Crippen molar-refractivity contribution in [2.24, 2.45) is 0 Å². The molecule has 0 fully saturated rings. The number of rotatable bonds is 4. The molecule has 0 spiro atoms. The zero-order chi connectivity index (χ0) is 19.2. The van der Waals surface area contributed by atoms with Gasteiger partial charge in [-0.3, -0.25) is 14.5 Å². The molecule has 2 aliphatic rings. The number of fused-ring (bicyclic) bond motifs is 2. The van der Waals surface area contributed by atoms with Gasteiger partial charge in [0.1, 0.15) is 0 Å². The van der Waals surface area contributed by atoms with Gasteiger partial charge in [0.25, 0.3) is 11.8 Å². The summed E-state index contributed by atoms with van der Waals surface area (Å²) in [4.78, 5) is 25.0. The molecule has 2 aromatic rings. The first-order valence-electron chi connectivity index (χ1n) is 8.66. The fourth-order valence-electron chi connectivity index (χ4n) is 3.56. The molecular formula is C19H19N3O4S.